The summed E-state index contributed by atoms with van der Waals surface area (Å²) in [6.07, 6.45) is 3.50. The number of nitrogens with zero attached hydrogens (tertiary/aromatic N) is 2. The molecule has 2 rings (SSSR count). The number of likely N-dealkylation sites (tertiary alicyclic amines) is 2. The van der Waals surface area contributed by atoms with Gasteiger partial charge in [0.05, 0.1) is 0 Å². The Morgan fingerprint density at radius 1 is 1.12 bits per heavy atom. The van der Waals surface area contributed by atoms with Gasteiger partial charge in [-0.25, -0.2) is 9.59 Å². The zero-order chi connectivity index (χ0) is 17.7. The number of piperidine rings is 1. The maximum absolute atomic E-state index is 12.3. The smallest absolute Gasteiger partial charge is 0.326 e. The molecule has 1 atom stereocenters. The van der Waals surface area contributed by atoms with Gasteiger partial charge in [0.2, 0.25) is 5.91 Å². The Hall–Kier alpha value is -2.05. The molecular weight excluding hydrogens is 310 g/mol. The molecule has 0 aromatic rings. The number of hydrogen-bond acceptors (Lipinski definition) is 3. The van der Waals surface area contributed by atoms with E-state index in [4.69, 9.17) is 0 Å². The molecule has 0 saturated carbocycles. The number of rotatable bonds is 5. The van der Waals surface area contributed by atoms with E-state index >= 15 is 0 Å². The van der Waals surface area contributed by atoms with Gasteiger partial charge in [-0.3, -0.25) is 4.79 Å². The van der Waals surface area contributed by atoms with Crippen LogP contribution in [0.25, 0.3) is 0 Å². The van der Waals surface area contributed by atoms with E-state index in [1.165, 1.54) is 0 Å². The molecular formula is C17H27N3O4. The molecule has 0 spiro atoms. The molecule has 24 heavy (non-hydrogen) atoms. The maximum atomic E-state index is 12.3. The third kappa shape index (κ3) is 4.72. The summed E-state index contributed by atoms with van der Waals surface area (Å²) in [6, 6.07) is -0.865. The Morgan fingerprint density at radius 2 is 1.67 bits per heavy atom. The molecule has 2 N–H and O–H groups in total. The van der Waals surface area contributed by atoms with E-state index in [-0.39, 0.29) is 24.3 Å². The fourth-order valence-corrected chi connectivity index (χ4v) is 3.28. The van der Waals surface area contributed by atoms with Gasteiger partial charge in [-0.2, -0.15) is 0 Å². The standard InChI is InChI=1S/C17H27N3O4/c1-12(2)11-14(16(22)23)18-15(21)13-5-9-20(10-6-13)17(24)19-7-3-4-8-19/h13-14H,1,3-11H2,2H3,(H,18,21)(H,22,23). The van der Waals surface area contributed by atoms with Crippen LogP contribution in [-0.4, -0.2) is 65.0 Å². The van der Waals surface area contributed by atoms with E-state index < -0.39 is 12.0 Å². The number of carboxylic acids is 1. The molecule has 7 nitrogen and oxygen atoms in total. The minimum atomic E-state index is -1.05. The molecule has 2 fully saturated rings. The van der Waals surface area contributed by atoms with Crippen LogP contribution in [0.15, 0.2) is 12.2 Å². The van der Waals surface area contributed by atoms with Crippen LogP contribution in [0.3, 0.4) is 0 Å². The third-order valence-electron chi connectivity index (χ3n) is 4.68. The van der Waals surface area contributed by atoms with Crippen molar-refractivity contribution in [3.63, 3.8) is 0 Å². The number of nitrogens with one attached hydrogen (secondary N) is 1. The van der Waals surface area contributed by atoms with Crippen LogP contribution in [0.2, 0.25) is 0 Å². The van der Waals surface area contributed by atoms with Gasteiger partial charge in [0, 0.05) is 32.1 Å². The highest BCUT2D eigenvalue weighted by atomic mass is 16.4. The molecule has 0 aliphatic carbocycles. The van der Waals surface area contributed by atoms with Crippen molar-refractivity contribution in [3.8, 4) is 0 Å². The molecule has 2 heterocycles. The lowest BCUT2D eigenvalue weighted by Gasteiger charge is -2.34. The summed E-state index contributed by atoms with van der Waals surface area (Å²) in [7, 11) is 0. The number of urea groups is 1. The van der Waals surface area contributed by atoms with Crippen LogP contribution in [-0.2, 0) is 9.59 Å². The quantitative estimate of drug-likeness (QED) is 0.743. The second-order valence-electron chi connectivity index (χ2n) is 6.80. The van der Waals surface area contributed by atoms with Crippen LogP contribution in [0.5, 0.6) is 0 Å². The first-order valence-electron chi connectivity index (χ1n) is 8.60. The summed E-state index contributed by atoms with van der Waals surface area (Å²) in [5.74, 6) is -1.52. The lowest BCUT2D eigenvalue weighted by molar-refractivity contribution is -0.142. The van der Waals surface area contributed by atoms with E-state index in [1.807, 2.05) is 4.90 Å². The average molecular weight is 337 g/mol. The monoisotopic (exact) mass is 337 g/mol. The fraction of sp³-hybridized carbons (Fsp3) is 0.706. The van der Waals surface area contributed by atoms with E-state index in [2.05, 4.69) is 11.9 Å². The van der Waals surface area contributed by atoms with Crippen molar-refractivity contribution in [3.05, 3.63) is 12.2 Å². The topological polar surface area (TPSA) is 90.0 Å². The first-order valence-corrected chi connectivity index (χ1v) is 8.60. The molecule has 2 saturated heterocycles. The molecule has 7 heteroatoms. The summed E-state index contributed by atoms with van der Waals surface area (Å²) in [5.41, 5.74) is 0.716. The van der Waals surface area contributed by atoms with Gasteiger partial charge < -0.3 is 20.2 Å². The normalized spacial score (nSPS) is 19.9. The Kier molecular flexibility index (Phi) is 6.23. The van der Waals surface area contributed by atoms with Gasteiger partial charge in [0.1, 0.15) is 6.04 Å². The third-order valence-corrected chi connectivity index (χ3v) is 4.68. The number of hydrogen-bond donors (Lipinski definition) is 2. The highest BCUT2D eigenvalue weighted by Gasteiger charge is 2.32. The molecule has 2 aliphatic heterocycles. The second-order valence-corrected chi connectivity index (χ2v) is 6.80. The van der Waals surface area contributed by atoms with Crippen molar-refractivity contribution >= 4 is 17.9 Å². The first kappa shape index (κ1) is 18.3. The van der Waals surface area contributed by atoms with Crippen molar-refractivity contribution in [2.24, 2.45) is 5.92 Å². The van der Waals surface area contributed by atoms with Crippen LogP contribution in [0.1, 0.15) is 39.0 Å². The van der Waals surface area contributed by atoms with Gasteiger partial charge >= 0.3 is 12.0 Å². The summed E-state index contributed by atoms with van der Waals surface area (Å²) in [4.78, 5) is 39.5. The molecule has 0 bridgehead atoms. The summed E-state index contributed by atoms with van der Waals surface area (Å²) >= 11 is 0. The SMILES string of the molecule is C=C(C)CC(NC(=O)C1CCN(C(=O)N2CCCC2)CC1)C(=O)O. The van der Waals surface area contributed by atoms with Gasteiger partial charge in [-0.05, 0) is 39.0 Å². The van der Waals surface area contributed by atoms with Gasteiger partial charge in [-0.15, -0.1) is 6.58 Å². The molecule has 0 radical (unpaired) electrons. The summed E-state index contributed by atoms with van der Waals surface area (Å²) < 4.78 is 0. The fourth-order valence-electron chi connectivity index (χ4n) is 3.28. The van der Waals surface area contributed by atoms with Gasteiger partial charge in [0.15, 0.2) is 0 Å². The van der Waals surface area contributed by atoms with Crippen molar-refractivity contribution in [1.29, 1.82) is 0 Å². The van der Waals surface area contributed by atoms with Crippen molar-refractivity contribution < 1.29 is 19.5 Å². The second kappa shape index (κ2) is 8.17. The number of carbonyl (C=O) groups excluding carboxylic acids is 2. The van der Waals surface area contributed by atoms with Crippen LogP contribution < -0.4 is 5.32 Å². The zero-order valence-corrected chi connectivity index (χ0v) is 14.3. The van der Waals surface area contributed by atoms with Crippen molar-refractivity contribution in [2.45, 2.75) is 45.1 Å². The Balaban J connectivity index is 1.82. The van der Waals surface area contributed by atoms with E-state index in [9.17, 15) is 19.5 Å². The minimum Gasteiger partial charge on any atom is -0.480 e. The van der Waals surface area contributed by atoms with E-state index in [1.54, 1.807) is 11.8 Å². The van der Waals surface area contributed by atoms with Crippen molar-refractivity contribution in [1.82, 2.24) is 15.1 Å². The molecule has 0 aromatic heterocycles. The predicted octanol–water partition coefficient (Wildman–Crippen LogP) is 1.45. The summed E-state index contributed by atoms with van der Waals surface area (Å²) in [5, 5.41) is 11.8. The molecule has 134 valence electrons. The van der Waals surface area contributed by atoms with E-state index in [0.717, 1.165) is 25.9 Å². The first-order chi connectivity index (χ1) is 11.4. The zero-order valence-electron chi connectivity index (χ0n) is 14.3. The maximum Gasteiger partial charge on any atom is 0.326 e. The molecule has 2 aliphatic rings. The highest BCUT2D eigenvalue weighted by molar-refractivity contribution is 5.85. The molecule has 1 unspecified atom stereocenters. The van der Waals surface area contributed by atoms with Gasteiger partial charge in [-0.1, -0.05) is 5.57 Å². The van der Waals surface area contributed by atoms with Crippen LogP contribution >= 0.6 is 0 Å². The lowest BCUT2D eigenvalue weighted by atomic mass is 9.95. The number of amides is 3. The number of aliphatic carboxylic acids is 1. The Labute approximate surface area is 142 Å². The van der Waals surface area contributed by atoms with Gasteiger partial charge in [0.25, 0.3) is 0 Å². The predicted molar refractivity (Wildman–Crippen MR) is 89.5 cm³/mol. The van der Waals surface area contributed by atoms with Crippen LogP contribution in [0, 0.1) is 5.92 Å². The largest absolute Gasteiger partial charge is 0.480 e. The highest BCUT2D eigenvalue weighted by Crippen LogP contribution is 2.20. The van der Waals surface area contributed by atoms with Crippen LogP contribution in [0.4, 0.5) is 4.79 Å². The number of carbonyl (C=O) groups is 3. The summed E-state index contributed by atoms with van der Waals surface area (Å²) in [6.45, 7) is 8.18. The average Bonchev–Trinajstić information content (AvgIpc) is 3.07. The minimum absolute atomic E-state index is 0.0667. The lowest BCUT2D eigenvalue weighted by Crippen LogP contribution is -2.49. The Morgan fingerprint density at radius 3 is 2.17 bits per heavy atom. The molecule has 0 aromatic carbocycles. The van der Waals surface area contributed by atoms with E-state index in [0.29, 0.717) is 31.5 Å². The molecule has 3 amide bonds. The Bertz CT molecular complexity index is 506. The van der Waals surface area contributed by atoms with Crippen molar-refractivity contribution in [2.75, 3.05) is 26.2 Å². The number of carboxylic acid groups (broad SMARTS) is 1.